The second-order valence-electron chi connectivity index (χ2n) is 10.4. The number of aromatic amines is 1. The van der Waals surface area contributed by atoms with Crippen molar-refractivity contribution in [3.05, 3.63) is 80.7 Å². The molecule has 0 saturated heterocycles. The highest BCUT2D eigenvalue weighted by Gasteiger charge is 2.23. The quantitative estimate of drug-likeness (QED) is 0.292. The van der Waals surface area contributed by atoms with Crippen molar-refractivity contribution in [3.63, 3.8) is 0 Å². The van der Waals surface area contributed by atoms with Gasteiger partial charge in [0.15, 0.2) is 0 Å². The van der Waals surface area contributed by atoms with E-state index in [9.17, 15) is 14.7 Å². The van der Waals surface area contributed by atoms with Crippen LogP contribution in [0.5, 0.6) is 0 Å². The summed E-state index contributed by atoms with van der Waals surface area (Å²) in [5, 5.41) is 15.8. The average molecular weight is 554 g/mol. The summed E-state index contributed by atoms with van der Waals surface area (Å²) >= 11 is 3.54. The van der Waals surface area contributed by atoms with Gasteiger partial charge in [-0.1, -0.05) is 48.8 Å². The molecule has 7 nitrogen and oxygen atoms in total. The zero-order valence-corrected chi connectivity index (χ0v) is 22.5. The number of aryl methyl sites for hydroxylation is 3. The highest BCUT2D eigenvalue weighted by Crippen LogP contribution is 2.30. The number of hydrogen-bond donors (Lipinski definition) is 4. The van der Waals surface area contributed by atoms with Crippen molar-refractivity contribution in [1.29, 1.82) is 0 Å². The van der Waals surface area contributed by atoms with Gasteiger partial charge in [-0.3, -0.25) is 9.59 Å². The van der Waals surface area contributed by atoms with Crippen LogP contribution in [0.1, 0.15) is 78.1 Å². The van der Waals surface area contributed by atoms with E-state index in [1.165, 1.54) is 5.56 Å². The van der Waals surface area contributed by atoms with Gasteiger partial charge in [-0.05, 0) is 77.6 Å². The number of amides is 1. The number of carbonyl (C=O) groups excluding carboxylic acids is 1. The molecule has 0 unspecified atom stereocenters. The number of nitrogens with one attached hydrogen (secondary N) is 3. The molecule has 0 radical (unpaired) electrons. The summed E-state index contributed by atoms with van der Waals surface area (Å²) in [5.74, 6) is -0.322. The van der Waals surface area contributed by atoms with E-state index in [1.54, 1.807) is 0 Å². The summed E-state index contributed by atoms with van der Waals surface area (Å²) in [5.41, 5.74) is 5.39. The Bertz CT molecular complexity index is 1260. The van der Waals surface area contributed by atoms with E-state index in [1.807, 2.05) is 30.5 Å². The Morgan fingerprint density at radius 1 is 1.17 bits per heavy atom. The van der Waals surface area contributed by atoms with Gasteiger partial charge in [-0.2, -0.15) is 0 Å². The summed E-state index contributed by atoms with van der Waals surface area (Å²) in [7, 11) is 0. The number of pyridine rings is 1. The number of rotatable bonds is 8. The van der Waals surface area contributed by atoms with E-state index in [2.05, 4.69) is 64.5 Å². The van der Waals surface area contributed by atoms with Crippen LogP contribution in [0.4, 0.5) is 5.82 Å². The molecule has 0 aliphatic carbocycles. The first-order valence-corrected chi connectivity index (χ1v) is 13.1. The van der Waals surface area contributed by atoms with E-state index in [0.717, 1.165) is 64.9 Å². The van der Waals surface area contributed by atoms with Gasteiger partial charge in [-0.15, -0.1) is 0 Å². The number of anilines is 1. The molecule has 8 heteroatoms. The third kappa shape index (κ3) is 6.55. The summed E-state index contributed by atoms with van der Waals surface area (Å²) in [4.78, 5) is 32.4. The number of hydrogen-bond acceptors (Lipinski definition) is 4. The minimum Gasteiger partial charge on any atom is -0.481 e. The van der Waals surface area contributed by atoms with Gasteiger partial charge in [0.05, 0.1) is 12.5 Å². The Kier molecular flexibility index (Phi) is 7.83. The van der Waals surface area contributed by atoms with Crippen molar-refractivity contribution in [2.45, 2.75) is 64.3 Å². The number of H-pyrrole nitrogens is 1. The van der Waals surface area contributed by atoms with Crippen molar-refractivity contribution in [1.82, 2.24) is 15.3 Å². The Morgan fingerprint density at radius 3 is 2.72 bits per heavy atom. The third-order valence-electron chi connectivity index (χ3n) is 6.48. The maximum atomic E-state index is 13.1. The number of halogens is 1. The van der Waals surface area contributed by atoms with Crippen LogP contribution < -0.4 is 10.6 Å². The Labute approximate surface area is 220 Å². The standard InChI is InChI=1S/C28H33BrN4O3/c1-28(2,3)20-12-19(13-21(29)14-20)23(15-25(34)35)33-27(36)24-11-17(16-31-24)6-8-22-9-7-18-5-4-10-30-26(18)32-22/h7,9,11-14,16,23,31H,4-6,8,10,15H2,1-3H3,(H,30,32)(H,33,36)(H,34,35)/t23-/m0/s1. The van der Waals surface area contributed by atoms with E-state index in [4.69, 9.17) is 4.98 Å². The topological polar surface area (TPSA) is 107 Å². The van der Waals surface area contributed by atoms with Gasteiger partial charge in [0.1, 0.15) is 11.5 Å². The predicted octanol–water partition coefficient (Wildman–Crippen LogP) is 5.56. The average Bonchev–Trinajstić information content (AvgIpc) is 3.30. The first-order valence-electron chi connectivity index (χ1n) is 12.3. The molecule has 2 aromatic heterocycles. The lowest BCUT2D eigenvalue weighted by Crippen LogP contribution is -2.30. The molecule has 0 bridgehead atoms. The molecule has 3 aromatic rings. The summed E-state index contributed by atoms with van der Waals surface area (Å²) in [6, 6.07) is 11.2. The molecule has 1 aliphatic rings. The first-order chi connectivity index (χ1) is 17.1. The first kappa shape index (κ1) is 25.9. The number of nitrogens with zero attached hydrogens (tertiary/aromatic N) is 1. The maximum Gasteiger partial charge on any atom is 0.305 e. The van der Waals surface area contributed by atoms with Crippen molar-refractivity contribution >= 4 is 33.6 Å². The number of carboxylic acids is 1. The Morgan fingerprint density at radius 2 is 1.97 bits per heavy atom. The maximum absolute atomic E-state index is 13.1. The molecule has 190 valence electrons. The fourth-order valence-corrected chi connectivity index (χ4v) is 4.92. The molecule has 1 atom stereocenters. The minimum absolute atomic E-state index is 0.117. The zero-order chi connectivity index (χ0) is 25.9. The summed E-state index contributed by atoms with van der Waals surface area (Å²) < 4.78 is 0.850. The molecule has 4 rings (SSSR count). The second kappa shape index (κ2) is 10.9. The SMILES string of the molecule is CC(C)(C)c1cc(Br)cc([C@H](CC(=O)O)NC(=O)c2cc(CCc3ccc4c(n3)NCCC4)c[nH]2)c1. The monoisotopic (exact) mass is 552 g/mol. The van der Waals surface area contributed by atoms with E-state index in [-0.39, 0.29) is 17.7 Å². The van der Waals surface area contributed by atoms with Gasteiger partial charge in [-0.25, -0.2) is 4.98 Å². The predicted molar refractivity (Wildman–Crippen MR) is 145 cm³/mol. The van der Waals surface area contributed by atoms with Crippen LogP contribution in [-0.4, -0.2) is 33.5 Å². The molecule has 3 heterocycles. The summed E-state index contributed by atoms with van der Waals surface area (Å²) in [6.45, 7) is 7.25. The van der Waals surface area contributed by atoms with Crippen LogP contribution in [0.25, 0.3) is 0 Å². The molecule has 0 spiro atoms. The smallest absolute Gasteiger partial charge is 0.305 e. The minimum atomic E-state index is -0.975. The highest BCUT2D eigenvalue weighted by molar-refractivity contribution is 9.10. The number of aromatic nitrogens is 2. The van der Waals surface area contributed by atoms with Crippen LogP contribution in [-0.2, 0) is 29.5 Å². The van der Waals surface area contributed by atoms with Crippen LogP contribution >= 0.6 is 15.9 Å². The van der Waals surface area contributed by atoms with Gasteiger partial charge >= 0.3 is 5.97 Å². The number of benzene rings is 1. The molecular weight excluding hydrogens is 520 g/mol. The zero-order valence-electron chi connectivity index (χ0n) is 21.0. The number of aliphatic carboxylic acids is 1. The van der Waals surface area contributed by atoms with Crippen LogP contribution in [0.3, 0.4) is 0 Å². The second-order valence-corrected chi connectivity index (χ2v) is 11.3. The van der Waals surface area contributed by atoms with Crippen molar-refractivity contribution in [2.24, 2.45) is 0 Å². The lowest BCUT2D eigenvalue weighted by molar-refractivity contribution is -0.137. The van der Waals surface area contributed by atoms with Crippen LogP contribution in [0.15, 0.2) is 47.1 Å². The molecule has 0 saturated carbocycles. The molecular formula is C28H33BrN4O3. The molecule has 36 heavy (non-hydrogen) atoms. The van der Waals surface area contributed by atoms with Gasteiger partial charge in [0, 0.05) is 22.9 Å². The normalized spacial score (nSPS) is 14.0. The molecule has 1 amide bonds. The van der Waals surface area contributed by atoms with E-state index in [0.29, 0.717) is 5.69 Å². The van der Waals surface area contributed by atoms with Crippen LogP contribution in [0.2, 0.25) is 0 Å². The molecule has 0 fully saturated rings. The van der Waals surface area contributed by atoms with E-state index >= 15 is 0 Å². The van der Waals surface area contributed by atoms with Crippen molar-refractivity contribution in [3.8, 4) is 0 Å². The summed E-state index contributed by atoms with van der Waals surface area (Å²) in [6.07, 6.45) is 5.32. The third-order valence-corrected chi connectivity index (χ3v) is 6.94. The largest absolute Gasteiger partial charge is 0.481 e. The number of carboxylic acid groups (broad SMARTS) is 1. The van der Waals surface area contributed by atoms with Crippen molar-refractivity contribution in [2.75, 3.05) is 11.9 Å². The van der Waals surface area contributed by atoms with Crippen molar-refractivity contribution < 1.29 is 14.7 Å². The Hall–Kier alpha value is -3.13. The lowest BCUT2D eigenvalue weighted by Gasteiger charge is -2.23. The molecule has 4 N–H and O–H groups in total. The fourth-order valence-electron chi connectivity index (χ4n) is 4.40. The van der Waals surface area contributed by atoms with Crippen LogP contribution in [0, 0.1) is 0 Å². The molecule has 1 aliphatic heterocycles. The molecule has 1 aromatic carbocycles. The highest BCUT2D eigenvalue weighted by atomic mass is 79.9. The Balaban J connectivity index is 1.45. The lowest BCUT2D eigenvalue weighted by atomic mass is 9.85. The van der Waals surface area contributed by atoms with Gasteiger partial charge in [0.2, 0.25) is 0 Å². The number of carbonyl (C=O) groups is 2. The van der Waals surface area contributed by atoms with E-state index < -0.39 is 12.0 Å². The van der Waals surface area contributed by atoms with Gasteiger partial charge < -0.3 is 20.7 Å². The van der Waals surface area contributed by atoms with Gasteiger partial charge in [0.25, 0.3) is 5.91 Å². The number of fused-ring (bicyclic) bond motifs is 1. The fraction of sp³-hybridized carbons (Fsp3) is 0.393.